The minimum Gasteiger partial charge on any atom is -0.314 e. The van der Waals surface area contributed by atoms with Crippen molar-refractivity contribution < 1.29 is 0 Å². The number of piperazine rings is 1. The van der Waals surface area contributed by atoms with Crippen LogP contribution in [0.3, 0.4) is 0 Å². The minimum absolute atomic E-state index is 0.988. The second-order valence-electron chi connectivity index (χ2n) is 3.05. The molecule has 1 fully saturated rings. The summed E-state index contributed by atoms with van der Waals surface area (Å²) in [6.45, 7) is 7.90. The Balaban J connectivity index is 2.05. The van der Waals surface area contributed by atoms with E-state index < -0.39 is 0 Å². The molecular weight excluding hydrogens is 148 g/mol. The van der Waals surface area contributed by atoms with E-state index in [4.69, 9.17) is 0 Å². The fourth-order valence-electron chi connectivity index (χ4n) is 1.36. The van der Waals surface area contributed by atoms with Crippen LogP contribution in [0.15, 0.2) is 0 Å². The molecule has 0 aromatic heterocycles. The third kappa shape index (κ3) is 3.75. The van der Waals surface area contributed by atoms with E-state index in [1.807, 2.05) is 0 Å². The Kier molecular flexibility index (Phi) is 4.82. The van der Waals surface area contributed by atoms with Crippen LogP contribution in [0.5, 0.6) is 0 Å². The van der Waals surface area contributed by atoms with E-state index in [0.717, 1.165) is 32.5 Å². The van der Waals surface area contributed by atoms with Crippen molar-refractivity contribution in [2.24, 2.45) is 0 Å². The first-order valence-electron chi connectivity index (χ1n) is 4.82. The first kappa shape index (κ1) is 9.57. The Morgan fingerprint density at radius 1 is 1.25 bits per heavy atom. The zero-order valence-electron chi connectivity index (χ0n) is 7.90. The Hall–Kier alpha value is -0.520. The molecule has 0 aromatic carbocycles. The third-order valence-corrected chi connectivity index (χ3v) is 2.06. The quantitative estimate of drug-likeness (QED) is 0.607. The maximum Gasteiger partial charge on any atom is 0.0217 e. The van der Waals surface area contributed by atoms with E-state index in [1.165, 1.54) is 13.1 Å². The maximum atomic E-state index is 3.34. The molecule has 2 nitrogen and oxygen atoms in total. The molecular formula is C10H18N2. The zero-order valence-corrected chi connectivity index (χ0v) is 7.90. The van der Waals surface area contributed by atoms with Crippen LogP contribution in [0.25, 0.3) is 0 Å². The second-order valence-corrected chi connectivity index (χ2v) is 3.05. The Bertz CT molecular complexity index is 160. The van der Waals surface area contributed by atoms with Gasteiger partial charge in [0, 0.05) is 45.6 Å². The van der Waals surface area contributed by atoms with Gasteiger partial charge in [0.25, 0.3) is 0 Å². The van der Waals surface area contributed by atoms with E-state index >= 15 is 0 Å². The van der Waals surface area contributed by atoms with Crippen molar-refractivity contribution in [3.05, 3.63) is 0 Å². The molecule has 1 heterocycles. The lowest BCUT2D eigenvalue weighted by Gasteiger charge is -2.26. The molecule has 0 bridgehead atoms. The van der Waals surface area contributed by atoms with Gasteiger partial charge in [-0.3, -0.25) is 4.90 Å². The van der Waals surface area contributed by atoms with Crippen molar-refractivity contribution in [2.75, 3.05) is 32.7 Å². The predicted octanol–water partition coefficient (Wildman–Crippen LogP) is 0.695. The summed E-state index contributed by atoms with van der Waals surface area (Å²) in [5, 5.41) is 3.34. The molecule has 1 N–H and O–H groups in total. The lowest BCUT2D eigenvalue weighted by Crippen LogP contribution is -2.43. The standard InChI is InChI=1S/C10H18N2/c1-2-3-4-5-8-12-9-6-11-7-10-12/h11H,2,5-10H2,1H3. The lowest BCUT2D eigenvalue weighted by atomic mass is 10.3. The second kappa shape index (κ2) is 6.05. The molecule has 12 heavy (non-hydrogen) atoms. The summed E-state index contributed by atoms with van der Waals surface area (Å²) in [5.74, 6) is 6.27. The molecule has 1 saturated heterocycles. The highest BCUT2D eigenvalue weighted by Gasteiger charge is 2.06. The molecule has 0 saturated carbocycles. The van der Waals surface area contributed by atoms with Gasteiger partial charge in [0.15, 0.2) is 0 Å². The minimum atomic E-state index is 0.988. The average molecular weight is 166 g/mol. The van der Waals surface area contributed by atoms with Crippen molar-refractivity contribution in [1.29, 1.82) is 0 Å². The summed E-state index contributed by atoms with van der Waals surface area (Å²) >= 11 is 0. The van der Waals surface area contributed by atoms with Crippen LogP contribution in [0, 0.1) is 11.8 Å². The molecule has 0 atom stereocenters. The van der Waals surface area contributed by atoms with E-state index in [-0.39, 0.29) is 0 Å². The van der Waals surface area contributed by atoms with Crippen LogP contribution < -0.4 is 5.32 Å². The molecule has 0 aliphatic carbocycles. The Morgan fingerprint density at radius 3 is 2.67 bits per heavy atom. The first-order valence-corrected chi connectivity index (χ1v) is 4.82. The zero-order chi connectivity index (χ0) is 8.65. The van der Waals surface area contributed by atoms with Gasteiger partial charge in [0.2, 0.25) is 0 Å². The van der Waals surface area contributed by atoms with Gasteiger partial charge in [-0.15, -0.1) is 11.8 Å². The fourth-order valence-corrected chi connectivity index (χ4v) is 1.36. The SMILES string of the molecule is CCC#CCCN1CCNCC1. The van der Waals surface area contributed by atoms with Crippen LogP contribution in [-0.4, -0.2) is 37.6 Å². The van der Waals surface area contributed by atoms with E-state index in [0.29, 0.717) is 0 Å². The third-order valence-electron chi connectivity index (χ3n) is 2.06. The van der Waals surface area contributed by atoms with Crippen LogP contribution in [-0.2, 0) is 0 Å². The molecule has 0 amide bonds. The van der Waals surface area contributed by atoms with E-state index in [9.17, 15) is 0 Å². The van der Waals surface area contributed by atoms with Gasteiger partial charge in [-0.2, -0.15) is 0 Å². The molecule has 1 rings (SSSR count). The molecule has 1 aliphatic heterocycles. The van der Waals surface area contributed by atoms with Crippen molar-refractivity contribution in [2.45, 2.75) is 19.8 Å². The molecule has 0 radical (unpaired) electrons. The fraction of sp³-hybridized carbons (Fsp3) is 0.800. The molecule has 0 aromatic rings. The summed E-state index contributed by atoms with van der Waals surface area (Å²) in [6.07, 6.45) is 2.02. The summed E-state index contributed by atoms with van der Waals surface area (Å²) in [5.41, 5.74) is 0. The van der Waals surface area contributed by atoms with Gasteiger partial charge in [0.1, 0.15) is 0 Å². The maximum absolute atomic E-state index is 3.34. The number of nitrogens with zero attached hydrogens (tertiary/aromatic N) is 1. The van der Waals surface area contributed by atoms with E-state index in [1.54, 1.807) is 0 Å². The van der Waals surface area contributed by atoms with Crippen LogP contribution in [0.1, 0.15) is 19.8 Å². The lowest BCUT2D eigenvalue weighted by molar-refractivity contribution is 0.246. The molecule has 2 heteroatoms. The van der Waals surface area contributed by atoms with Gasteiger partial charge in [0.05, 0.1) is 0 Å². The summed E-state index contributed by atoms with van der Waals surface area (Å²) in [7, 11) is 0. The summed E-state index contributed by atoms with van der Waals surface area (Å²) in [4.78, 5) is 2.47. The highest BCUT2D eigenvalue weighted by Crippen LogP contribution is 1.93. The van der Waals surface area contributed by atoms with Gasteiger partial charge in [-0.25, -0.2) is 0 Å². The number of hydrogen-bond acceptors (Lipinski definition) is 2. The number of rotatable bonds is 2. The smallest absolute Gasteiger partial charge is 0.0217 e. The van der Waals surface area contributed by atoms with Gasteiger partial charge in [-0.1, -0.05) is 6.92 Å². The monoisotopic (exact) mass is 166 g/mol. The molecule has 68 valence electrons. The number of hydrogen-bond donors (Lipinski definition) is 1. The highest BCUT2D eigenvalue weighted by atomic mass is 15.2. The molecule has 0 spiro atoms. The summed E-state index contributed by atoms with van der Waals surface area (Å²) < 4.78 is 0. The van der Waals surface area contributed by atoms with Gasteiger partial charge in [-0.05, 0) is 0 Å². The average Bonchev–Trinajstić information content (AvgIpc) is 2.14. The van der Waals surface area contributed by atoms with Crippen molar-refractivity contribution >= 4 is 0 Å². The molecule has 0 unspecified atom stereocenters. The van der Waals surface area contributed by atoms with Gasteiger partial charge < -0.3 is 5.32 Å². The molecule has 1 aliphatic rings. The Morgan fingerprint density at radius 2 is 2.00 bits per heavy atom. The van der Waals surface area contributed by atoms with Crippen LogP contribution in [0.2, 0.25) is 0 Å². The predicted molar refractivity (Wildman–Crippen MR) is 52.0 cm³/mol. The van der Waals surface area contributed by atoms with Crippen molar-refractivity contribution in [3.8, 4) is 11.8 Å². The van der Waals surface area contributed by atoms with Crippen LogP contribution >= 0.6 is 0 Å². The normalized spacial score (nSPS) is 18.4. The van der Waals surface area contributed by atoms with Crippen molar-refractivity contribution in [1.82, 2.24) is 10.2 Å². The Labute approximate surface area is 75.3 Å². The first-order chi connectivity index (χ1) is 5.93. The van der Waals surface area contributed by atoms with E-state index in [2.05, 4.69) is 29.0 Å². The largest absolute Gasteiger partial charge is 0.314 e. The summed E-state index contributed by atoms with van der Waals surface area (Å²) in [6, 6.07) is 0. The topological polar surface area (TPSA) is 15.3 Å². The highest BCUT2D eigenvalue weighted by molar-refractivity contribution is 4.98. The van der Waals surface area contributed by atoms with Gasteiger partial charge >= 0.3 is 0 Å². The number of nitrogens with one attached hydrogen (secondary N) is 1. The van der Waals surface area contributed by atoms with Crippen LogP contribution in [0.4, 0.5) is 0 Å². The van der Waals surface area contributed by atoms with Crippen molar-refractivity contribution in [3.63, 3.8) is 0 Å².